The summed E-state index contributed by atoms with van der Waals surface area (Å²) in [5, 5.41) is 9.25. The smallest absolute Gasteiger partial charge is 0.243 e. The molecule has 3 N–H and O–H groups in total. The Labute approximate surface area is 114 Å². The topological polar surface area (TPSA) is 83.6 Å². The molecule has 6 heteroatoms. The van der Waals surface area contributed by atoms with E-state index in [1.807, 2.05) is 6.92 Å². The number of nitrogens with zero attached hydrogens (tertiary/aromatic N) is 1. The molecule has 5 nitrogen and oxygen atoms in total. The summed E-state index contributed by atoms with van der Waals surface area (Å²) in [5.41, 5.74) is 7.31. The van der Waals surface area contributed by atoms with Crippen molar-refractivity contribution < 1.29 is 13.5 Å². The van der Waals surface area contributed by atoms with Crippen LogP contribution in [-0.2, 0) is 16.4 Å². The summed E-state index contributed by atoms with van der Waals surface area (Å²) in [6, 6.07) is 4.56. The molecule has 1 aromatic rings. The molecule has 1 fully saturated rings. The van der Waals surface area contributed by atoms with Gasteiger partial charge in [-0.1, -0.05) is 13.0 Å². The monoisotopic (exact) mass is 284 g/mol. The van der Waals surface area contributed by atoms with Crippen LogP contribution < -0.4 is 5.73 Å². The van der Waals surface area contributed by atoms with E-state index in [0.29, 0.717) is 18.7 Å². The van der Waals surface area contributed by atoms with Gasteiger partial charge in [-0.15, -0.1) is 0 Å². The van der Waals surface area contributed by atoms with Crippen molar-refractivity contribution in [2.24, 2.45) is 0 Å². The van der Waals surface area contributed by atoms with Crippen molar-refractivity contribution in [2.75, 3.05) is 18.9 Å². The normalized spacial score (nSPS) is 20.8. The summed E-state index contributed by atoms with van der Waals surface area (Å²) in [6.07, 6.45) is 2.26. The Morgan fingerprint density at radius 2 is 2.21 bits per heavy atom. The fourth-order valence-electron chi connectivity index (χ4n) is 2.50. The molecular formula is C13H20N2O3S. The number of hydrogen-bond donors (Lipinski definition) is 2. The molecule has 1 heterocycles. The number of sulfonamides is 1. The van der Waals surface area contributed by atoms with Gasteiger partial charge < -0.3 is 10.8 Å². The third kappa shape index (κ3) is 2.61. The van der Waals surface area contributed by atoms with Crippen molar-refractivity contribution in [1.82, 2.24) is 4.31 Å². The predicted molar refractivity (Wildman–Crippen MR) is 74.2 cm³/mol. The zero-order valence-electron chi connectivity index (χ0n) is 11.0. The second-order valence-corrected chi connectivity index (χ2v) is 6.70. The lowest BCUT2D eigenvalue weighted by Crippen LogP contribution is -2.37. The highest BCUT2D eigenvalue weighted by molar-refractivity contribution is 7.89. The Morgan fingerprint density at radius 3 is 2.79 bits per heavy atom. The molecule has 0 spiro atoms. The van der Waals surface area contributed by atoms with E-state index in [1.165, 1.54) is 10.4 Å². The molecule has 0 bridgehead atoms. The van der Waals surface area contributed by atoms with Gasteiger partial charge in [-0.3, -0.25) is 0 Å². The molecule has 19 heavy (non-hydrogen) atoms. The Bertz CT molecular complexity index is 557. The van der Waals surface area contributed by atoms with Gasteiger partial charge in [0.25, 0.3) is 0 Å². The van der Waals surface area contributed by atoms with E-state index in [1.54, 1.807) is 12.1 Å². The first-order chi connectivity index (χ1) is 9.00. The molecule has 0 aliphatic carbocycles. The Morgan fingerprint density at radius 1 is 1.47 bits per heavy atom. The Hall–Kier alpha value is -1.11. The van der Waals surface area contributed by atoms with E-state index in [2.05, 4.69) is 0 Å². The molecule has 1 saturated heterocycles. The second-order valence-electron chi connectivity index (χ2n) is 4.81. The summed E-state index contributed by atoms with van der Waals surface area (Å²) in [6.45, 7) is 2.30. The van der Waals surface area contributed by atoms with Crippen LogP contribution in [-0.4, -0.2) is 37.0 Å². The quantitative estimate of drug-likeness (QED) is 0.807. The zero-order valence-corrected chi connectivity index (χ0v) is 11.9. The SMILES string of the molecule is CCc1ccc(S(=O)(=O)N2CCC[C@@H]2CO)cc1N. The molecule has 106 valence electrons. The van der Waals surface area contributed by atoms with Crippen molar-refractivity contribution >= 4 is 15.7 Å². The summed E-state index contributed by atoms with van der Waals surface area (Å²) >= 11 is 0. The molecule has 0 radical (unpaired) electrons. The highest BCUT2D eigenvalue weighted by atomic mass is 32.2. The molecule has 0 saturated carbocycles. The number of rotatable bonds is 4. The third-order valence-corrected chi connectivity index (χ3v) is 5.59. The van der Waals surface area contributed by atoms with Crippen LogP contribution in [0.5, 0.6) is 0 Å². The number of aliphatic hydroxyl groups excluding tert-OH is 1. The Balaban J connectivity index is 2.37. The average Bonchev–Trinajstić information content (AvgIpc) is 2.87. The summed E-state index contributed by atoms with van der Waals surface area (Å²) in [5.74, 6) is 0. The average molecular weight is 284 g/mol. The van der Waals surface area contributed by atoms with Crippen LogP contribution in [0.4, 0.5) is 5.69 Å². The van der Waals surface area contributed by atoms with Crippen LogP contribution in [0.25, 0.3) is 0 Å². The number of hydrogen-bond acceptors (Lipinski definition) is 4. The summed E-state index contributed by atoms with van der Waals surface area (Å²) < 4.78 is 26.4. The first kappa shape index (κ1) is 14.3. The molecule has 0 aromatic heterocycles. The molecule has 0 unspecified atom stereocenters. The molecular weight excluding hydrogens is 264 g/mol. The molecule has 2 rings (SSSR count). The van der Waals surface area contributed by atoms with Crippen LogP contribution in [0.15, 0.2) is 23.1 Å². The number of aliphatic hydroxyl groups is 1. The molecule has 1 atom stereocenters. The number of anilines is 1. The minimum atomic E-state index is -3.55. The van der Waals surface area contributed by atoms with Crippen molar-refractivity contribution in [3.63, 3.8) is 0 Å². The van der Waals surface area contributed by atoms with Gasteiger partial charge in [0.05, 0.1) is 11.5 Å². The van der Waals surface area contributed by atoms with Crippen LogP contribution in [0, 0.1) is 0 Å². The van der Waals surface area contributed by atoms with E-state index >= 15 is 0 Å². The highest BCUT2D eigenvalue weighted by Gasteiger charge is 2.34. The predicted octanol–water partition coefficient (Wildman–Crippen LogP) is 0.977. The van der Waals surface area contributed by atoms with Crippen molar-refractivity contribution in [3.05, 3.63) is 23.8 Å². The lowest BCUT2D eigenvalue weighted by atomic mass is 10.1. The largest absolute Gasteiger partial charge is 0.398 e. The van der Waals surface area contributed by atoms with Gasteiger partial charge in [0.1, 0.15) is 0 Å². The van der Waals surface area contributed by atoms with E-state index < -0.39 is 10.0 Å². The first-order valence-corrected chi connectivity index (χ1v) is 7.95. The standard InChI is InChI=1S/C13H20N2O3S/c1-2-10-5-6-12(8-13(10)14)19(17,18)15-7-3-4-11(15)9-16/h5-6,8,11,16H,2-4,7,9,14H2,1H3/t11-/m1/s1. The second kappa shape index (κ2) is 5.48. The summed E-state index contributed by atoms with van der Waals surface area (Å²) in [7, 11) is -3.55. The van der Waals surface area contributed by atoms with Crippen molar-refractivity contribution in [3.8, 4) is 0 Å². The maximum atomic E-state index is 12.5. The molecule has 1 aliphatic rings. The number of aryl methyl sites for hydroxylation is 1. The van der Waals surface area contributed by atoms with Gasteiger partial charge in [-0.05, 0) is 37.0 Å². The molecule has 1 aromatic carbocycles. The van der Waals surface area contributed by atoms with Gasteiger partial charge in [0.2, 0.25) is 10.0 Å². The van der Waals surface area contributed by atoms with Crippen molar-refractivity contribution in [1.29, 1.82) is 0 Å². The number of nitrogen functional groups attached to an aromatic ring is 1. The van der Waals surface area contributed by atoms with Crippen LogP contribution in [0.3, 0.4) is 0 Å². The fourth-order valence-corrected chi connectivity index (χ4v) is 4.22. The number of nitrogens with two attached hydrogens (primary N) is 1. The van der Waals surface area contributed by atoms with Gasteiger partial charge in [0, 0.05) is 18.3 Å². The molecule has 1 aliphatic heterocycles. The minimum absolute atomic E-state index is 0.137. The van der Waals surface area contributed by atoms with Gasteiger partial charge in [0.15, 0.2) is 0 Å². The van der Waals surface area contributed by atoms with Gasteiger partial charge in [-0.2, -0.15) is 4.31 Å². The van der Waals surface area contributed by atoms with Crippen LogP contribution in [0.2, 0.25) is 0 Å². The van der Waals surface area contributed by atoms with E-state index in [4.69, 9.17) is 5.73 Å². The maximum absolute atomic E-state index is 12.5. The maximum Gasteiger partial charge on any atom is 0.243 e. The third-order valence-electron chi connectivity index (χ3n) is 3.64. The lowest BCUT2D eigenvalue weighted by Gasteiger charge is -2.22. The van der Waals surface area contributed by atoms with Gasteiger partial charge in [-0.25, -0.2) is 8.42 Å². The number of benzene rings is 1. The minimum Gasteiger partial charge on any atom is -0.398 e. The lowest BCUT2D eigenvalue weighted by molar-refractivity contribution is 0.213. The first-order valence-electron chi connectivity index (χ1n) is 6.51. The highest BCUT2D eigenvalue weighted by Crippen LogP contribution is 2.27. The molecule has 0 amide bonds. The fraction of sp³-hybridized carbons (Fsp3) is 0.538. The zero-order chi connectivity index (χ0) is 14.0. The van der Waals surface area contributed by atoms with E-state index in [9.17, 15) is 13.5 Å². The van der Waals surface area contributed by atoms with E-state index in [-0.39, 0.29) is 17.5 Å². The van der Waals surface area contributed by atoms with Crippen molar-refractivity contribution in [2.45, 2.75) is 37.1 Å². The summed E-state index contributed by atoms with van der Waals surface area (Å²) in [4.78, 5) is 0.211. The van der Waals surface area contributed by atoms with E-state index in [0.717, 1.165) is 18.4 Å². The van der Waals surface area contributed by atoms with Crippen LogP contribution in [0.1, 0.15) is 25.3 Å². The Kier molecular flexibility index (Phi) is 4.13. The van der Waals surface area contributed by atoms with Gasteiger partial charge >= 0.3 is 0 Å². The van der Waals surface area contributed by atoms with Crippen LogP contribution >= 0.6 is 0 Å².